The molecule has 0 spiro atoms. The van der Waals surface area contributed by atoms with Crippen molar-refractivity contribution in [2.75, 3.05) is 20.8 Å². The number of hydrogen-bond acceptors (Lipinski definition) is 4. The Morgan fingerprint density at radius 1 is 1.24 bits per heavy atom. The Bertz CT molecular complexity index is 637. The monoisotopic (exact) mass is 288 g/mol. The second-order valence-electron chi connectivity index (χ2n) is 4.58. The number of methoxy groups -OCH3 is 1. The van der Waals surface area contributed by atoms with Crippen LogP contribution in [0.15, 0.2) is 47.4 Å². The van der Waals surface area contributed by atoms with Crippen molar-refractivity contribution in [2.24, 2.45) is 0 Å². The van der Waals surface area contributed by atoms with Crippen molar-refractivity contribution in [1.82, 2.24) is 9.88 Å². The summed E-state index contributed by atoms with van der Waals surface area (Å²) in [7, 11) is 3.52. The van der Waals surface area contributed by atoms with Crippen molar-refractivity contribution < 1.29 is 9.47 Å². The summed E-state index contributed by atoms with van der Waals surface area (Å²) in [6.45, 7) is 1.65. The van der Waals surface area contributed by atoms with Gasteiger partial charge < -0.3 is 19.4 Å². The van der Waals surface area contributed by atoms with Crippen molar-refractivity contribution in [1.29, 1.82) is 0 Å². The quantitative estimate of drug-likeness (QED) is 0.842. The molecule has 0 bridgehead atoms. The number of rotatable bonds is 7. The molecule has 2 rings (SSSR count). The van der Waals surface area contributed by atoms with Crippen molar-refractivity contribution in [3.8, 4) is 11.5 Å². The average Bonchev–Trinajstić information content (AvgIpc) is 2.51. The van der Waals surface area contributed by atoms with Crippen LogP contribution < -0.4 is 20.3 Å². The van der Waals surface area contributed by atoms with Gasteiger partial charge in [0.15, 0.2) is 0 Å². The van der Waals surface area contributed by atoms with Gasteiger partial charge in [0.25, 0.3) is 5.56 Å². The zero-order valence-electron chi connectivity index (χ0n) is 12.3. The third kappa shape index (κ3) is 4.10. The van der Waals surface area contributed by atoms with Crippen molar-refractivity contribution >= 4 is 0 Å². The molecule has 1 aromatic heterocycles. The van der Waals surface area contributed by atoms with E-state index in [9.17, 15) is 4.79 Å². The molecule has 1 aromatic carbocycles. The minimum atomic E-state index is -0.0220. The van der Waals surface area contributed by atoms with E-state index in [2.05, 4.69) is 5.32 Å². The van der Waals surface area contributed by atoms with Crippen LogP contribution in [-0.2, 0) is 13.1 Å². The molecular weight excluding hydrogens is 268 g/mol. The zero-order valence-corrected chi connectivity index (χ0v) is 12.3. The van der Waals surface area contributed by atoms with E-state index < -0.39 is 0 Å². The maximum atomic E-state index is 11.6. The predicted molar refractivity (Wildman–Crippen MR) is 82.0 cm³/mol. The second-order valence-corrected chi connectivity index (χ2v) is 4.58. The van der Waals surface area contributed by atoms with Crippen LogP contribution in [0.25, 0.3) is 0 Å². The molecule has 0 amide bonds. The van der Waals surface area contributed by atoms with Crippen LogP contribution in [0, 0.1) is 0 Å². The molecule has 0 fully saturated rings. The van der Waals surface area contributed by atoms with Gasteiger partial charge in [0.05, 0.1) is 13.7 Å². The van der Waals surface area contributed by atoms with Crippen LogP contribution in [0.5, 0.6) is 11.5 Å². The summed E-state index contributed by atoms with van der Waals surface area (Å²) in [6.07, 6.45) is 1.76. The van der Waals surface area contributed by atoms with Crippen LogP contribution >= 0.6 is 0 Å². The molecule has 112 valence electrons. The van der Waals surface area contributed by atoms with Gasteiger partial charge in [-0.1, -0.05) is 6.07 Å². The molecule has 0 aliphatic carbocycles. The number of nitrogens with zero attached hydrogens (tertiary/aromatic N) is 1. The first-order chi connectivity index (χ1) is 10.2. The van der Waals surface area contributed by atoms with E-state index >= 15 is 0 Å². The van der Waals surface area contributed by atoms with Crippen LogP contribution in [0.1, 0.15) is 5.56 Å². The number of benzene rings is 1. The van der Waals surface area contributed by atoms with Crippen LogP contribution in [0.2, 0.25) is 0 Å². The molecule has 0 aliphatic rings. The highest BCUT2D eigenvalue weighted by Gasteiger charge is 2.05. The van der Waals surface area contributed by atoms with Gasteiger partial charge in [0.2, 0.25) is 0 Å². The molecule has 1 heterocycles. The highest BCUT2D eigenvalue weighted by molar-refractivity contribution is 5.40. The van der Waals surface area contributed by atoms with Crippen LogP contribution in [0.4, 0.5) is 0 Å². The average molecular weight is 288 g/mol. The van der Waals surface area contributed by atoms with E-state index in [4.69, 9.17) is 9.47 Å². The van der Waals surface area contributed by atoms with E-state index in [1.807, 2.05) is 31.3 Å². The molecule has 0 unspecified atom stereocenters. The van der Waals surface area contributed by atoms with Crippen LogP contribution in [-0.4, -0.2) is 25.3 Å². The summed E-state index contributed by atoms with van der Waals surface area (Å²) >= 11 is 0. The number of hydrogen-bond donors (Lipinski definition) is 1. The van der Waals surface area contributed by atoms with Gasteiger partial charge in [-0.05, 0) is 31.3 Å². The third-order valence-electron chi connectivity index (χ3n) is 3.12. The maximum absolute atomic E-state index is 11.6. The second kappa shape index (κ2) is 7.50. The number of pyridine rings is 1. The van der Waals surface area contributed by atoms with Gasteiger partial charge in [-0.15, -0.1) is 0 Å². The number of ether oxygens (including phenoxy) is 2. The molecule has 2 aromatic rings. The van der Waals surface area contributed by atoms with Gasteiger partial charge in [0.1, 0.15) is 18.1 Å². The van der Waals surface area contributed by atoms with E-state index in [0.717, 1.165) is 17.1 Å². The van der Waals surface area contributed by atoms with Gasteiger partial charge in [-0.2, -0.15) is 0 Å². The Morgan fingerprint density at radius 3 is 2.81 bits per heavy atom. The molecule has 21 heavy (non-hydrogen) atoms. The molecule has 0 saturated heterocycles. The van der Waals surface area contributed by atoms with Crippen molar-refractivity contribution in [2.45, 2.75) is 13.1 Å². The van der Waals surface area contributed by atoms with Gasteiger partial charge in [-0.25, -0.2) is 0 Å². The summed E-state index contributed by atoms with van der Waals surface area (Å²) < 4.78 is 12.6. The van der Waals surface area contributed by atoms with Crippen molar-refractivity contribution in [3.05, 3.63) is 58.5 Å². The van der Waals surface area contributed by atoms with E-state index in [0.29, 0.717) is 19.7 Å². The maximum Gasteiger partial charge on any atom is 0.250 e. The van der Waals surface area contributed by atoms with E-state index in [-0.39, 0.29) is 5.56 Å². The summed E-state index contributed by atoms with van der Waals surface area (Å²) in [5, 5.41) is 3.10. The lowest BCUT2D eigenvalue weighted by Crippen LogP contribution is -2.21. The van der Waals surface area contributed by atoms with E-state index in [1.165, 1.54) is 0 Å². The SMILES string of the molecule is CNCc1cc(OC)ccc1OCCn1ccccc1=O. The lowest BCUT2D eigenvalue weighted by Gasteiger charge is -2.13. The number of aromatic nitrogens is 1. The highest BCUT2D eigenvalue weighted by atomic mass is 16.5. The van der Waals surface area contributed by atoms with Crippen molar-refractivity contribution in [3.63, 3.8) is 0 Å². The molecule has 5 heteroatoms. The fourth-order valence-corrected chi connectivity index (χ4v) is 2.05. The Morgan fingerprint density at radius 2 is 2.10 bits per heavy atom. The Kier molecular flexibility index (Phi) is 5.40. The minimum Gasteiger partial charge on any atom is -0.497 e. The summed E-state index contributed by atoms with van der Waals surface area (Å²) in [5.74, 6) is 1.60. The molecule has 0 saturated carbocycles. The molecular formula is C16H20N2O3. The normalized spacial score (nSPS) is 10.4. The molecule has 0 atom stereocenters. The topological polar surface area (TPSA) is 52.5 Å². The van der Waals surface area contributed by atoms with Gasteiger partial charge >= 0.3 is 0 Å². The standard InChI is InChI=1S/C16H20N2O3/c1-17-12-13-11-14(20-2)6-7-15(13)21-10-9-18-8-4-3-5-16(18)19/h3-8,11,17H,9-10,12H2,1-2H3. The fraction of sp³-hybridized carbons (Fsp3) is 0.312. The van der Waals surface area contributed by atoms with Gasteiger partial charge in [-0.3, -0.25) is 4.79 Å². The summed E-state index contributed by atoms with van der Waals surface area (Å²) in [5.41, 5.74) is 1.00. The summed E-state index contributed by atoms with van der Waals surface area (Å²) in [4.78, 5) is 11.6. The first-order valence-electron chi connectivity index (χ1n) is 6.84. The first kappa shape index (κ1) is 15.1. The van der Waals surface area contributed by atoms with Crippen LogP contribution in [0.3, 0.4) is 0 Å². The lowest BCUT2D eigenvalue weighted by atomic mass is 10.2. The fourth-order valence-electron chi connectivity index (χ4n) is 2.05. The Balaban J connectivity index is 2.02. The highest BCUT2D eigenvalue weighted by Crippen LogP contribution is 2.24. The lowest BCUT2D eigenvalue weighted by molar-refractivity contribution is 0.292. The molecule has 0 radical (unpaired) electrons. The minimum absolute atomic E-state index is 0.0220. The number of nitrogens with one attached hydrogen (secondary N) is 1. The largest absolute Gasteiger partial charge is 0.497 e. The first-order valence-corrected chi connectivity index (χ1v) is 6.84. The Hall–Kier alpha value is -2.27. The third-order valence-corrected chi connectivity index (χ3v) is 3.12. The smallest absolute Gasteiger partial charge is 0.250 e. The summed E-state index contributed by atoms with van der Waals surface area (Å²) in [6, 6.07) is 10.8. The van der Waals surface area contributed by atoms with Gasteiger partial charge in [0, 0.05) is 24.4 Å². The predicted octanol–water partition coefficient (Wildman–Crippen LogP) is 1.66. The molecule has 5 nitrogen and oxygen atoms in total. The Labute approximate surface area is 124 Å². The molecule has 0 aliphatic heterocycles. The van der Waals surface area contributed by atoms with E-state index in [1.54, 1.807) is 30.0 Å². The molecule has 1 N–H and O–H groups in total. The zero-order chi connectivity index (χ0) is 15.1.